The van der Waals surface area contributed by atoms with Crippen molar-refractivity contribution >= 4 is 17.3 Å². The molecule has 128 valence electrons. The highest BCUT2D eigenvalue weighted by molar-refractivity contribution is 6.30. The number of rotatable bonds is 5. The van der Waals surface area contributed by atoms with Gasteiger partial charge in [-0.25, -0.2) is 0 Å². The maximum absolute atomic E-state index is 6.10. The van der Waals surface area contributed by atoms with Crippen LogP contribution in [0.2, 0.25) is 5.02 Å². The fourth-order valence-electron chi connectivity index (χ4n) is 3.05. The molecule has 0 saturated carbocycles. The number of anilines is 1. The quantitative estimate of drug-likeness (QED) is 0.824. The van der Waals surface area contributed by atoms with Gasteiger partial charge in [0.1, 0.15) is 11.5 Å². The van der Waals surface area contributed by atoms with E-state index in [4.69, 9.17) is 21.1 Å². The maximum Gasteiger partial charge on any atom is 0.122 e. The van der Waals surface area contributed by atoms with Gasteiger partial charge in [0.15, 0.2) is 0 Å². The molecule has 0 spiro atoms. The van der Waals surface area contributed by atoms with Gasteiger partial charge in [0, 0.05) is 49.5 Å². The lowest BCUT2D eigenvalue weighted by molar-refractivity contribution is 0.249. The van der Waals surface area contributed by atoms with E-state index >= 15 is 0 Å². The molecule has 0 aromatic heterocycles. The van der Waals surface area contributed by atoms with Gasteiger partial charge in [-0.3, -0.25) is 4.90 Å². The van der Waals surface area contributed by atoms with Crippen LogP contribution in [0.25, 0.3) is 0 Å². The Kier molecular flexibility index (Phi) is 5.48. The molecule has 1 saturated heterocycles. The van der Waals surface area contributed by atoms with E-state index in [0.29, 0.717) is 0 Å². The highest BCUT2D eigenvalue weighted by Crippen LogP contribution is 2.25. The predicted octanol–water partition coefficient (Wildman–Crippen LogP) is 3.68. The average molecular weight is 347 g/mol. The molecule has 0 N–H and O–H groups in total. The van der Waals surface area contributed by atoms with Gasteiger partial charge >= 0.3 is 0 Å². The second-order valence-corrected chi connectivity index (χ2v) is 6.40. The van der Waals surface area contributed by atoms with Crippen LogP contribution in [0, 0.1) is 0 Å². The first-order valence-corrected chi connectivity index (χ1v) is 8.50. The van der Waals surface area contributed by atoms with E-state index < -0.39 is 0 Å². The fourth-order valence-corrected chi connectivity index (χ4v) is 3.24. The summed E-state index contributed by atoms with van der Waals surface area (Å²) in [6.45, 7) is 4.94. The molecule has 0 bridgehead atoms. The lowest BCUT2D eigenvalue weighted by Crippen LogP contribution is -2.45. The van der Waals surface area contributed by atoms with Crippen molar-refractivity contribution in [2.24, 2.45) is 0 Å². The summed E-state index contributed by atoms with van der Waals surface area (Å²) in [5.74, 6) is 1.67. The molecular weight excluding hydrogens is 324 g/mol. The third-order valence-corrected chi connectivity index (χ3v) is 4.60. The molecule has 2 aromatic rings. The molecule has 0 amide bonds. The molecule has 0 unspecified atom stereocenters. The summed E-state index contributed by atoms with van der Waals surface area (Å²) >= 11 is 6.10. The van der Waals surface area contributed by atoms with Gasteiger partial charge < -0.3 is 14.4 Å². The molecule has 1 heterocycles. The first-order chi connectivity index (χ1) is 11.7. The second kappa shape index (κ2) is 7.77. The lowest BCUT2D eigenvalue weighted by Gasteiger charge is -2.36. The van der Waals surface area contributed by atoms with Crippen molar-refractivity contribution in [1.82, 2.24) is 4.90 Å². The maximum atomic E-state index is 6.10. The first kappa shape index (κ1) is 16.9. The van der Waals surface area contributed by atoms with Crippen molar-refractivity contribution < 1.29 is 9.47 Å². The zero-order chi connectivity index (χ0) is 16.9. The SMILES string of the molecule is COc1cc(CN2CCN(c3cccc(Cl)c3)CC2)cc(OC)c1. The number of benzene rings is 2. The van der Waals surface area contributed by atoms with Gasteiger partial charge in [0.05, 0.1) is 14.2 Å². The van der Waals surface area contributed by atoms with E-state index in [1.807, 2.05) is 24.3 Å². The van der Waals surface area contributed by atoms with Crippen molar-refractivity contribution in [3.05, 3.63) is 53.1 Å². The monoisotopic (exact) mass is 346 g/mol. The molecule has 2 aromatic carbocycles. The minimum Gasteiger partial charge on any atom is -0.497 e. The number of ether oxygens (including phenoxy) is 2. The number of methoxy groups -OCH3 is 2. The van der Waals surface area contributed by atoms with Crippen LogP contribution in [0.5, 0.6) is 11.5 Å². The number of piperazine rings is 1. The van der Waals surface area contributed by atoms with E-state index in [0.717, 1.165) is 49.2 Å². The molecule has 1 fully saturated rings. The summed E-state index contributed by atoms with van der Waals surface area (Å²) in [5.41, 5.74) is 2.41. The summed E-state index contributed by atoms with van der Waals surface area (Å²) in [6.07, 6.45) is 0. The van der Waals surface area contributed by atoms with Crippen LogP contribution >= 0.6 is 11.6 Å². The Labute approximate surface area is 148 Å². The second-order valence-electron chi connectivity index (χ2n) is 5.96. The van der Waals surface area contributed by atoms with Gasteiger partial charge in [-0.05, 0) is 35.9 Å². The van der Waals surface area contributed by atoms with Crippen LogP contribution in [0.15, 0.2) is 42.5 Å². The molecular formula is C19H23ClN2O2. The van der Waals surface area contributed by atoms with Crippen molar-refractivity contribution in [3.8, 4) is 11.5 Å². The van der Waals surface area contributed by atoms with Gasteiger partial charge in [-0.2, -0.15) is 0 Å². The molecule has 1 aliphatic heterocycles. The Balaban J connectivity index is 1.61. The van der Waals surface area contributed by atoms with Crippen LogP contribution in [-0.2, 0) is 6.54 Å². The molecule has 3 rings (SSSR count). The van der Waals surface area contributed by atoms with Gasteiger partial charge in [-0.15, -0.1) is 0 Å². The van der Waals surface area contributed by atoms with Crippen LogP contribution in [0.1, 0.15) is 5.56 Å². The molecule has 5 heteroatoms. The Bertz CT molecular complexity index is 663. The van der Waals surface area contributed by atoms with Crippen molar-refractivity contribution in [1.29, 1.82) is 0 Å². The van der Waals surface area contributed by atoms with E-state index in [9.17, 15) is 0 Å². The van der Waals surface area contributed by atoms with Crippen LogP contribution in [0.4, 0.5) is 5.69 Å². The minimum atomic E-state index is 0.790. The Morgan fingerprint density at radius 1 is 0.917 bits per heavy atom. The number of hydrogen-bond donors (Lipinski definition) is 0. The van der Waals surface area contributed by atoms with Gasteiger partial charge in [-0.1, -0.05) is 17.7 Å². The van der Waals surface area contributed by atoms with E-state index in [1.54, 1.807) is 14.2 Å². The number of halogens is 1. The minimum absolute atomic E-state index is 0.790. The zero-order valence-corrected chi connectivity index (χ0v) is 14.9. The lowest BCUT2D eigenvalue weighted by atomic mass is 10.1. The number of hydrogen-bond acceptors (Lipinski definition) is 4. The summed E-state index contributed by atoms with van der Waals surface area (Å²) < 4.78 is 10.7. The predicted molar refractivity (Wildman–Crippen MR) is 98.5 cm³/mol. The first-order valence-electron chi connectivity index (χ1n) is 8.13. The third kappa shape index (κ3) is 4.13. The van der Waals surface area contributed by atoms with Crippen LogP contribution in [0.3, 0.4) is 0 Å². The summed E-state index contributed by atoms with van der Waals surface area (Å²) in [7, 11) is 3.37. The highest BCUT2D eigenvalue weighted by Gasteiger charge is 2.18. The standard InChI is InChI=1S/C19H23ClN2O2/c1-23-18-10-15(11-19(13-18)24-2)14-21-6-8-22(9-7-21)17-5-3-4-16(20)12-17/h3-5,10-13H,6-9,14H2,1-2H3. The van der Waals surface area contributed by atoms with Crippen LogP contribution < -0.4 is 14.4 Å². The van der Waals surface area contributed by atoms with Crippen molar-refractivity contribution in [2.75, 3.05) is 45.3 Å². The summed E-state index contributed by atoms with van der Waals surface area (Å²) in [6, 6.07) is 14.1. The van der Waals surface area contributed by atoms with E-state index in [2.05, 4.69) is 28.0 Å². The third-order valence-electron chi connectivity index (χ3n) is 4.36. The van der Waals surface area contributed by atoms with Gasteiger partial charge in [0.2, 0.25) is 0 Å². The number of nitrogens with zero attached hydrogens (tertiary/aromatic N) is 2. The molecule has 0 radical (unpaired) electrons. The zero-order valence-electron chi connectivity index (χ0n) is 14.2. The molecule has 0 aliphatic carbocycles. The van der Waals surface area contributed by atoms with E-state index in [-0.39, 0.29) is 0 Å². The molecule has 0 atom stereocenters. The molecule has 24 heavy (non-hydrogen) atoms. The van der Waals surface area contributed by atoms with Crippen molar-refractivity contribution in [2.45, 2.75) is 6.54 Å². The summed E-state index contributed by atoms with van der Waals surface area (Å²) in [5, 5.41) is 0.790. The van der Waals surface area contributed by atoms with Gasteiger partial charge in [0.25, 0.3) is 0 Å². The molecule has 4 nitrogen and oxygen atoms in total. The Morgan fingerprint density at radius 3 is 2.17 bits per heavy atom. The smallest absolute Gasteiger partial charge is 0.122 e. The van der Waals surface area contributed by atoms with E-state index in [1.165, 1.54) is 11.3 Å². The Hall–Kier alpha value is -1.91. The average Bonchev–Trinajstić information content (AvgIpc) is 2.62. The molecule has 1 aliphatic rings. The summed E-state index contributed by atoms with van der Waals surface area (Å²) in [4.78, 5) is 4.84. The fraction of sp³-hybridized carbons (Fsp3) is 0.368. The Morgan fingerprint density at radius 2 is 1.58 bits per heavy atom. The van der Waals surface area contributed by atoms with Crippen LogP contribution in [-0.4, -0.2) is 45.3 Å². The normalized spacial score (nSPS) is 15.4. The topological polar surface area (TPSA) is 24.9 Å². The van der Waals surface area contributed by atoms with Crippen molar-refractivity contribution in [3.63, 3.8) is 0 Å². The largest absolute Gasteiger partial charge is 0.497 e. The highest BCUT2D eigenvalue weighted by atomic mass is 35.5.